The highest BCUT2D eigenvalue weighted by atomic mass is 79.9. The van der Waals surface area contributed by atoms with Crippen molar-refractivity contribution >= 4 is 22.0 Å². The molecule has 112 valence electrons. The van der Waals surface area contributed by atoms with Gasteiger partial charge in [-0.2, -0.15) is 0 Å². The van der Waals surface area contributed by atoms with Crippen LogP contribution >= 0.6 is 15.9 Å². The van der Waals surface area contributed by atoms with E-state index >= 15 is 0 Å². The molecule has 0 radical (unpaired) electrons. The lowest BCUT2D eigenvalue weighted by Crippen LogP contribution is -2.24. The maximum Gasteiger partial charge on any atom is 0.407 e. The summed E-state index contributed by atoms with van der Waals surface area (Å²) in [5.41, 5.74) is 1.54. The van der Waals surface area contributed by atoms with Crippen LogP contribution in [-0.2, 0) is 11.3 Å². The molecule has 0 saturated carbocycles. The first kappa shape index (κ1) is 16.0. The highest BCUT2D eigenvalue weighted by molar-refractivity contribution is 9.10. The standard InChI is InChI=1S/C16H14BrN3O2/c17-15-11-19-14(10-20-15)8-4-5-9-18-16(21)22-12-13-6-2-1-3-7-13/h1-3,6-7,10-11H,5,9,12H2,(H,18,21). The van der Waals surface area contributed by atoms with Gasteiger partial charge in [0, 0.05) is 13.0 Å². The Bertz CT molecular complexity index is 663. The number of nitrogens with zero attached hydrogens (tertiary/aromatic N) is 2. The predicted octanol–water partition coefficient (Wildman–Crippen LogP) is 2.91. The van der Waals surface area contributed by atoms with Gasteiger partial charge in [-0.1, -0.05) is 36.3 Å². The number of rotatable bonds is 4. The Morgan fingerprint density at radius 3 is 2.77 bits per heavy atom. The number of benzene rings is 1. The molecule has 0 bridgehead atoms. The molecule has 6 heteroatoms. The average molecular weight is 360 g/mol. The lowest BCUT2D eigenvalue weighted by molar-refractivity contribution is 0.140. The maximum atomic E-state index is 11.5. The van der Waals surface area contributed by atoms with Crippen LogP contribution in [0.15, 0.2) is 47.3 Å². The minimum Gasteiger partial charge on any atom is -0.445 e. The van der Waals surface area contributed by atoms with Gasteiger partial charge in [-0.25, -0.2) is 14.8 Å². The van der Waals surface area contributed by atoms with E-state index in [1.165, 1.54) is 0 Å². The molecule has 0 saturated heterocycles. The van der Waals surface area contributed by atoms with E-state index in [9.17, 15) is 4.79 Å². The zero-order valence-electron chi connectivity index (χ0n) is 11.8. The Kier molecular flexibility index (Phi) is 6.39. The van der Waals surface area contributed by atoms with Gasteiger partial charge < -0.3 is 10.1 Å². The van der Waals surface area contributed by atoms with Crippen molar-refractivity contribution in [2.75, 3.05) is 6.54 Å². The average Bonchev–Trinajstić information content (AvgIpc) is 2.55. The molecule has 0 atom stereocenters. The van der Waals surface area contributed by atoms with E-state index in [0.29, 0.717) is 23.3 Å². The van der Waals surface area contributed by atoms with E-state index in [4.69, 9.17) is 4.74 Å². The van der Waals surface area contributed by atoms with Crippen molar-refractivity contribution in [3.8, 4) is 11.8 Å². The topological polar surface area (TPSA) is 64.1 Å². The molecular formula is C16H14BrN3O2. The van der Waals surface area contributed by atoms with Crippen molar-refractivity contribution in [1.82, 2.24) is 15.3 Å². The third kappa shape index (κ3) is 5.94. The van der Waals surface area contributed by atoms with Crippen molar-refractivity contribution < 1.29 is 9.53 Å². The first-order valence-electron chi connectivity index (χ1n) is 6.65. The Morgan fingerprint density at radius 2 is 2.05 bits per heavy atom. The van der Waals surface area contributed by atoms with Crippen LogP contribution in [0.2, 0.25) is 0 Å². The van der Waals surface area contributed by atoms with Crippen molar-refractivity contribution in [3.05, 3.63) is 58.6 Å². The van der Waals surface area contributed by atoms with E-state index in [-0.39, 0.29) is 6.61 Å². The molecule has 0 aliphatic rings. The summed E-state index contributed by atoms with van der Waals surface area (Å²) in [6, 6.07) is 9.52. The highest BCUT2D eigenvalue weighted by Crippen LogP contribution is 2.02. The number of halogens is 1. The smallest absolute Gasteiger partial charge is 0.407 e. The van der Waals surface area contributed by atoms with E-state index in [0.717, 1.165) is 5.56 Å². The number of nitrogens with one attached hydrogen (secondary N) is 1. The highest BCUT2D eigenvalue weighted by Gasteiger charge is 2.00. The molecular weight excluding hydrogens is 346 g/mol. The second-order valence-corrected chi connectivity index (χ2v) is 5.08. The molecule has 1 aromatic carbocycles. The molecule has 5 nitrogen and oxygen atoms in total. The van der Waals surface area contributed by atoms with Gasteiger partial charge in [-0.05, 0) is 27.4 Å². The van der Waals surface area contributed by atoms with Crippen LogP contribution in [0.3, 0.4) is 0 Å². The number of alkyl carbamates (subject to hydrolysis) is 1. The summed E-state index contributed by atoms with van der Waals surface area (Å²) < 4.78 is 5.75. The summed E-state index contributed by atoms with van der Waals surface area (Å²) in [7, 11) is 0. The second-order valence-electron chi connectivity index (χ2n) is 4.26. The summed E-state index contributed by atoms with van der Waals surface area (Å²) in [4.78, 5) is 19.6. The molecule has 0 aliphatic carbocycles. The Morgan fingerprint density at radius 1 is 1.23 bits per heavy atom. The number of carbonyl (C=O) groups is 1. The van der Waals surface area contributed by atoms with Gasteiger partial charge >= 0.3 is 6.09 Å². The normalized spacial score (nSPS) is 9.50. The number of amides is 1. The number of hydrogen-bond donors (Lipinski definition) is 1. The van der Waals surface area contributed by atoms with Crippen molar-refractivity contribution in [1.29, 1.82) is 0 Å². The lowest BCUT2D eigenvalue weighted by atomic mass is 10.2. The minimum absolute atomic E-state index is 0.257. The van der Waals surface area contributed by atoms with Crippen molar-refractivity contribution in [3.63, 3.8) is 0 Å². The zero-order chi connectivity index (χ0) is 15.6. The second kappa shape index (κ2) is 8.80. The van der Waals surface area contributed by atoms with Crippen LogP contribution in [0.5, 0.6) is 0 Å². The summed E-state index contributed by atoms with van der Waals surface area (Å²) >= 11 is 3.20. The third-order valence-electron chi connectivity index (χ3n) is 2.57. The van der Waals surface area contributed by atoms with Gasteiger partial charge in [0.05, 0.1) is 12.4 Å². The number of ether oxygens (including phenoxy) is 1. The van der Waals surface area contributed by atoms with E-state index < -0.39 is 6.09 Å². The largest absolute Gasteiger partial charge is 0.445 e. The summed E-state index contributed by atoms with van der Waals surface area (Å²) in [5.74, 6) is 5.78. The Balaban J connectivity index is 1.64. The molecule has 0 aliphatic heterocycles. The van der Waals surface area contributed by atoms with Crippen LogP contribution in [0.1, 0.15) is 17.7 Å². The van der Waals surface area contributed by atoms with Crippen LogP contribution in [0, 0.1) is 11.8 Å². The molecule has 22 heavy (non-hydrogen) atoms. The number of aromatic nitrogens is 2. The van der Waals surface area contributed by atoms with Gasteiger partial charge in [0.25, 0.3) is 0 Å². The fraction of sp³-hybridized carbons (Fsp3) is 0.188. The van der Waals surface area contributed by atoms with Crippen LogP contribution in [0.4, 0.5) is 4.79 Å². The van der Waals surface area contributed by atoms with Gasteiger partial charge in [0.1, 0.15) is 16.9 Å². The Labute approximate surface area is 137 Å². The van der Waals surface area contributed by atoms with Crippen molar-refractivity contribution in [2.24, 2.45) is 0 Å². The maximum absolute atomic E-state index is 11.5. The lowest BCUT2D eigenvalue weighted by Gasteiger charge is -2.05. The molecule has 1 heterocycles. The monoisotopic (exact) mass is 359 g/mol. The summed E-state index contributed by atoms with van der Waals surface area (Å²) in [5, 5.41) is 2.64. The van der Waals surface area contributed by atoms with Crippen molar-refractivity contribution in [2.45, 2.75) is 13.0 Å². The number of carbonyl (C=O) groups excluding carboxylic acids is 1. The van der Waals surface area contributed by atoms with Gasteiger partial charge in [0.15, 0.2) is 0 Å². The van der Waals surface area contributed by atoms with E-state index in [1.807, 2.05) is 30.3 Å². The SMILES string of the molecule is O=C(NCCC#Cc1cnc(Br)cn1)OCc1ccccc1. The molecule has 2 rings (SSSR count). The van der Waals surface area contributed by atoms with E-state index in [2.05, 4.69) is 43.1 Å². The van der Waals surface area contributed by atoms with Crippen LogP contribution < -0.4 is 5.32 Å². The summed E-state index contributed by atoms with van der Waals surface area (Å²) in [6.07, 6.45) is 3.23. The van der Waals surface area contributed by atoms with Gasteiger partial charge in [0.2, 0.25) is 0 Å². The van der Waals surface area contributed by atoms with Gasteiger partial charge in [-0.15, -0.1) is 0 Å². The zero-order valence-corrected chi connectivity index (χ0v) is 13.3. The Hall–Kier alpha value is -2.39. The molecule has 1 amide bonds. The predicted molar refractivity (Wildman–Crippen MR) is 85.9 cm³/mol. The fourth-order valence-electron chi connectivity index (χ4n) is 1.53. The van der Waals surface area contributed by atoms with Crippen LogP contribution in [0.25, 0.3) is 0 Å². The first-order valence-corrected chi connectivity index (χ1v) is 7.44. The summed E-state index contributed by atoms with van der Waals surface area (Å²) in [6.45, 7) is 0.678. The molecule has 1 aromatic heterocycles. The first-order chi connectivity index (χ1) is 10.7. The molecule has 2 aromatic rings. The molecule has 0 fully saturated rings. The minimum atomic E-state index is -0.450. The number of hydrogen-bond acceptors (Lipinski definition) is 4. The quantitative estimate of drug-likeness (QED) is 0.673. The molecule has 0 unspecified atom stereocenters. The third-order valence-corrected chi connectivity index (χ3v) is 2.98. The fourth-order valence-corrected chi connectivity index (χ4v) is 1.74. The molecule has 0 spiro atoms. The van der Waals surface area contributed by atoms with Crippen LogP contribution in [-0.4, -0.2) is 22.6 Å². The van der Waals surface area contributed by atoms with Gasteiger partial charge in [-0.3, -0.25) is 0 Å². The van der Waals surface area contributed by atoms with E-state index in [1.54, 1.807) is 12.4 Å². The molecule has 1 N–H and O–H groups in total.